The van der Waals surface area contributed by atoms with Crippen molar-refractivity contribution in [1.82, 2.24) is 14.8 Å². The van der Waals surface area contributed by atoms with Crippen molar-refractivity contribution in [1.29, 1.82) is 0 Å². The molecule has 2 rings (SSSR count). The van der Waals surface area contributed by atoms with Crippen LogP contribution in [0, 0.1) is 0 Å². The number of nitrogens with one attached hydrogen (secondary N) is 1. The van der Waals surface area contributed by atoms with Crippen molar-refractivity contribution in [2.24, 2.45) is 0 Å². The van der Waals surface area contributed by atoms with Crippen LogP contribution in [0.25, 0.3) is 10.9 Å². The van der Waals surface area contributed by atoms with Gasteiger partial charge in [-0.2, -0.15) is 0 Å². The van der Waals surface area contributed by atoms with Crippen molar-refractivity contribution in [2.45, 2.75) is 33.0 Å². The van der Waals surface area contributed by atoms with E-state index in [0.29, 0.717) is 12.6 Å². The summed E-state index contributed by atoms with van der Waals surface area (Å²) in [6, 6.07) is 8.94. The summed E-state index contributed by atoms with van der Waals surface area (Å²) in [6.07, 6.45) is 1.98. The molecule has 0 aliphatic heterocycles. The largest absolute Gasteiger partial charge is 0.347 e. The Balaban J connectivity index is 2.18. The van der Waals surface area contributed by atoms with Crippen LogP contribution < -0.4 is 5.32 Å². The minimum absolute atomic E-state index is 0.105. The highest BCUT2D eigenvalue weighted by atomic mass is 16.2. The number of carbonyl (C=O) groups excluding carboxylic acids is 1. The fourth-order valence-corrected chi connectivity index (χ4v) is 2.11. The van der Waals surface area contributed by atoms with Crippen LogP contribution in [0.2, 0.25) is 0 Å². The number of rotatable bonds is 5. The van der Waals surface area contributed by atoms with Crippen molar-refractivity contribution in [3.63, 3.8) is 0 Å². The topological polar surface area (TPSA) is 37.3 Å². The first kappa shape index (κ1) is 14.6. The average Bonchev–Trinajstić information content (AvgIpc) is 2.78. The first-order valence-corrected chi connectivity index (χ1v) is 6.98. The zero-order valence-corrected chi connectivity index (χ0v) is 12.7. The van der Waals surface area contributed by atoms with Gasteiger partial charge < -0.3 is 14.8 Å². The molecule has 1 heterocycles. The zero-order valence-electron chi connectivity index (χ0n) is 12.7. The van der Waals surface area contributed by atoms with E-state index in [-0.39, 0.29) is 5.91 Å². The minimum Gasteiger partial charge on any atom is -0.347 e. The van der Waals surface area contributed by atoms with Gasteiger partial charge in [0.15, 0.2) is 0 Å². The highest BCUT2D eigenvalue weighted by molar-refractivity contribution is 5.83. The van der Waals surface area contributed by atoms with Gasteiger partial charge >= 0.3 is 0 Å². The van der Waals surface area contributed by atoms with E-state index < -0.39 is 0 Å². The highest BCUT2D eigenvalue weighted by Crippen LogP contribution is 2.18. The Morgan fingerprint density at radius 2 is 2.05 bits per heavy atom. The van der Waals surface area contributed by atoms with Crippen molar-refractivity contribution < 1.29 is 4.79 Å². The fourth-order valence-electron chi connectivity index (χ4n) is 2.11. The Labute approximate surface area is 120 Å². The molecule has 0 aliphatic rings. The smallest absolute Gasteiger partial charge is 0.241 e. The molecule has 0 saturated carbocycles. The zero-order chi connectivity index (χ0) is 14.7. The van der Waals surface area contributed by atoms with Crippen LogP contribution in [0.3, 0.4) is 0 Å². The second-order valence-corrected chi connectivity index (χ2v) is 5.66. The summed E-state index contributed by atoms with van der Waals surface area (Å²) in [6.45, 7) is 5.54. The Morgan fingerprint density at radius 3 is 2.70 bits per heavy atom. The highest BCUT2D eigenvalue weighted by Gasteiger charge is 2.08. The van der Waals surface area contributed by atoms with Gasteiger partial charge in [-0.15, -0.1) is 0 Å². The number of nitrogens with zero attached hydrogens (tertiary/aromatic N) is 2. The lowest BCUT2D eigenvalue weighted by molar-refractivity contribution is -0.129. The van der Waals surface area contributed by atoms with Gasteiger partial charge in [-0.25, -0.2) is 0 Å². The van der Waals surface area contributed by atoms with Crippen LogP contribution in [0.15, 0.2) is 30.5 Å². The monoisotopic (exact) mass is 273 g/mol. The lowest BCUT2D eigenvalue weighted by atomic mass is 10.1. The number of fused-ring (bicyclic) bond motifs is 1. The van der Waals surface area contributed by atoms with Crippen LogP contribution in [-0.4, -0.2) is 35.5 Å². The molecule has 0 atom stereocenters. The van der Waals surface area contributed by atoms with Gasteiger partial charge in [0.1, 0.15) is 6.54 Å². The van der Waals surface area contributed by atoms with E-state index in [1.165, 1.54) is 10.9 Å². The van der Waals surface area contributed by atoms with Crippen molar-refractivity contribution in [3.8, 4) is 0 Å². The minimum atomic E-state index is 0.105. The summed E-state index contributed by atoms with van der Waals surface area (Å²) < 4.78 is 2.00. The number of likely N-dealkylation sites (N-methyl/N-ethyl adjacent to an activating group) is 1. The lowest BCUT2D eigenvalue weighted by Crippen LogP contribution is -2.25. The van der Waals surface area contributed by atoms with E-state index in [0.717, 1.165) is 12.1 Å². The summed E-state index contributed by atoms with van der Waals surface area (Å²) >= 11 is 0. The van der Waals surface area contributed by atoms with Gasteiger partial charge in [0.2, 0.25) is 5.91 Å². The summed E-state index contributed by atoms with van der Waals surface area (Å²) in [5.74, 6) is 0.105. The normalized spacial score (nSPS) is 11.2. The van der Waals surface area contributed by atoms with Gasteiger partial charge in [-0.05, 0) is 29.1 Å². The summed E-state index contributed by atoms with van der Waals surface area (Å²) in [5.41, 5.74) is 2.37. The Morgan fingerprint density at radius 1 is 1.30 bits per heavy atom. The third-order valence-corrected chi connectivity index (χ3v) is 3.35. The maximum absolute atomic E-state index is 11.8. The average molecular weight is 273 g/mol. The number of carbonyl (C=O) groups is 1. The maximum atomic E-state index is 11.8. The third kappa shape index (κ3) is 3.39. The van der Waals surface area contributed by atoms with Crippen molar-refractivity contribution in [3.05, 3.63) is 36.0 Å². The number of hydrogen-bond acceptors (Lipinski definition) is 2. The number of benzene rings is 1. The molecule has 0 saturated heterocycles. The van der Waals surface area contributed by atoms with E-state index in [1.54, 1.807) is 19.0 Å². The van der Waals surface area contributed by atoms with Gasteiger partial charge in [-0.3, -0.25) is 4.79 Å². The molecule has 1 aromatic heterocycles. The molecule has 0 fully saturated rings. The summed E-state index contributed by atoms with van der Waals surface area (Å²) in [5, 5.41) is 4.59. The van der Waals surface area contributed by atoms with Crippen molar-refractivity contribution in [2.75, 3.05) is 14.1 Å². The van der Waals surface area contributed by atoms with Crippen LogP contribution in [0.5, 0.6) is 0 Å². The Kier molecular flexibility index (Phi) is 4.45. The maximum Gasteiger partial charge on any atom is 0.241 e. The molecule has 0 aliphatic carbocycles. The first-order valence-electron chi connectivity index (χ1n) is 6.98. The van der Waals surface area contributed by atoms with E-state index >= 15 is 0 Å². The predicted molar refractivity (Wildman–Crippen MR) is 82.6 cm³/mol. The summed E-state index contributed by atoms with van der Waals surface area (Å²) in [4.78, 5) is 13.4. The molecule has 4 nitrogen and oxygen atoms in total. The molecule has 0 bridgehead atoms. The molecule has 1 amide bonds. The molecule has 20 heavy (non-hydrogen) atoms. The van der Waals surface area contributed by atoms with Crippen LogP contribution in [0.4, 0.5) is 0 Å². The standard InChI is InChI=1S/C16H23N3O/c1-12(2)17-10-13-5-6-15-14(9-13)7-8-19(15)11-16(20)18(3)4/h5-9,12,17H,10-11H2,1-4H3. The third-order valence-electron chi connectivity index (χ3n) is 3.35. The van der Waals surface area contributed by atoms with Gasteiger partial charge in [0.05, 0.1) is 0 Å². The molecule has 0 unspecified atom stereocenters. The van der Waals surface area contributed by atoms with Gasteiger partial charge in [-0.1, -0.05) is 19.9 Å². The van der Waals surface area contributed by atoms with Crippen molar-refractivity contribution >= 4 is 16.8 Å². The first-order chi connectivity index (χ1) is 9.47. The van der Waals surface area contributed by atoms with Crippen LogP contribution in [0.1, 0.15) is 19.4 Å². The molecule has 4 heteroatoms. The van der Waals surface area contributed by atoms with Crippen LogP contribution in [-0.2, 0) is 17.9 Å². The second kappa shape index (κ2) is 6.09. The number of amides is 1. The molecular formula is C16H23N3O. The van der Waals surface area contributed by atoms with Gasteiger partial charge in [0, 0.05) is 38.4 Å². The van der Waals surface area contributed by atoms with Gasteiger partial charge in [0.25, 0.3) is 0 Å². The molecule has 2 aromatic rings. The Bertz CT molecular complexity index is 599. The SMILES string of the molecule is CC(C)NCc1ccc2c(ccn2CC(=O)N(C)C)c1. The molecule has 108 valence electrons. The van der Waals surface area contributed by atoms with E-state index in [9.17, 15) is 4.79 Å². The quantitative estimate of drug-likeness (QED) is 0.907. The Hall–Kier alpha value is -1.81. The summed E-state index contributed by atoms with van der Waals surface area (Å²) in [7, 11) is 3.56. The molecule has 0 spiro atoms. The fraction of sp³-hybridized carbons (Fsp3) is 0.438. The molecule has 0 radical (unpaired) electrons. The number of aromatic nitrogens is 1. The number of hydrogen-bond donors (Lipinski definition) is 1. The molecule has 1 aromatic carbocycles. The van der Waals surface area contributed by atoms with E-state index in [4.69, 9.17) is 0 Å². The second-order valence-electron chi connectivity index (χ2n) is 5.66. The molecular weight excluding hydrogens is 250 g/mol. The predicted octanol–water partition coefficient (Wildman–Crippen LogP) is 2.23. The lowest BCUT2D eigenvalue weighted by Gasteiger charge is -2.12. The van der Waals surface area contributed by atoms with E-state index in [1.807, 2.05) is 10.8 Å². The van der Waals surface area contributed by atoms with Crippen LogP contribution >= 0.6 is 0 Å². The molecule has 1 N–H and O–H groups in total. The van der Waals surface area contributed by atoms with E-state index in [2.05, 4.69) is 43.4 Å².